The van der Waals surface area contributed by atoms with E-state index in [4.69, 9.17) is 0 Å². The summed E-state index contributed by atoms with van der Waals surface area (Å²) in [5.74, 6) is -1.82. The summed E-state index contributed by atoms with van der Waals surface area (Å²) in [6.07, 6.45) is 2.66. The minimum atomic E-state index is -4.59. The molecule has 0 aliphatic rings. The van der Waals surface area contributed by atoms with E-state index in [2.05, 4.69) is 15.2 Å². The van der Waals surface area contributed by atoms with Crippen molar-refractivity contribution in [1.29, 1.82) is 0 Å². The summed E-state index contributed by atoms with van der Waals surface area (Å²) >= 11 is 0. The zero-order valence-corrected chi connectivity index (χ0v) is 17.1. The number of H-pyrrole nitrogens is 1. The van der Waals surface area contributed by atoms with E-state index in [9.17, 15) is 32.8 Å². The Morgan fingerprint density at radius 2 is 1.87 bits per heavy atom. The van der Waals surface area contributed by atoms with Crippen molar-refractivity contribution >= 4 is 27.5 Å². The number of benzene rings is 1. The van der Waals surface area contributed by atoms with Crippen LogP contribution in [0.25, 0.3) is 5.69 Å². The van der Waals surface area contributed by atoms with Crippen LogP contribution >= 0.6 is 0 Å². The number of hydrogen-bond donors (Lipinski definition) is 4. The Labute approximate surface area is 175 Å². The number of aromatic amines is 1. The van der Waals surface area contributed by atoms with Gasteiger partial charge in [0.1, 0.15) is 16.1 Å². The first kappa shape index (κ1) is 21.8. The highest BCUT2D eigenvalue weighted by Gasteiger charge is 2.23. The maximum Gasteiger partial charge on any atom is 0.341 e. The first-order valence-corrected chi connectivity index (χ1v) is 10.1. The number of nitrogens with one attached hydrogen (secondary N) is 1. The molecule has 0 spiro atoms. The van der Waals surface area contributed by atoms with Crippen LogP contribution in [0.1, 0.15) is 21.5 Å². The number of azo groups is 1. The van der Waals surface area contributed by atoms with Gasteiger partial charge in [0.05, 0.1) is 5.56 Å². The van der Waals surface area contributed by atoms with Crippen LogP contribution in [0.15, 0.2) is 62.6 Å². The molecule has 3 rings (SSSR count). The molecule has 0 unspecified atom stereocenters. The van der Waals surface area contributed by atoms with E-state index < -0.39 is 32.4 Å². The van der Waals surface area contributed by atoms with Crippen molar-refractivity contribution in [3.8, 4) is 11.6 Å². The van der Waals surface area contributed by atoms with Crippen molar-refractivity contribution in [1.82, 2.24) is 4.98 Å². The summed E-state index contributed by atoms with van der Waals surface area (Å²) in [5, 5.41) is 27.0. The van der Waals surface area contributed by atoms with Gasteiger partial charge in [-0.3, -0.25) is 14.3 Å². The maximum absolute atomic E-state index is 12.4. The fraction of sp³-hybridized carbons (Fsp3) is 0.105. The number of hydrogen-bond acceptors (Lipinski definition) is 7. The van der Waals surface area contributed by atoms with Crippen LogP contribution in [0.3, 0.4) is 0 Å². The highest BCUT2D eigenvalue weighted by Crippen LogP contribution is 2.32. The molecule has 0 amide bonds. The van der Waals surface area contributed by atoms with Crippen LogP contribution in [0.5, 0.6) is 5.88 Å². The van der Waals surface area contributed by atoms with Crippen molar-refractivity contribution in [3.63, 3.8) is 0 Å². The molecule has 2 aromatic heterocycles. The lowest BCUT2D eigenvalue weighted by atomic mass is 10.2. The van der Waals surface area contributed by atoms with Crippen LogP contribution in [-0.4, -0.2) is 34.1 Å². The molecule has 2 heterocycles. The van der Waals surface area contributed by atoms with Gasteiger partial charge < -0.3 is 10.2 Å². The molecule has 12 heteroatoms. The normalized spacial score (nSPS) is 11.7. The van der Waals surface area contributed by atoms with Crippen molar-refractivity contribution in [2.75, 3.05) is 0 Å². The van der Waals surface area contributed by atoms with E-state index in [0.29, 0.717) is 5.56 Å². The van der Waals surface area contributed by atoms with E-state index in [1.807, 2.05) is 0 Å². The molecule has 31 heavy (non-hydrogen) atoms. The molecule has 0 saturated carbocycles. The van der Waals surface area contributed by atoms with Gasteiger partial charge >= 0.3 is 11.5 Å². The minimum Gasteiger partial charge on any atom is -0.493 e. The molecule has 160 valence electrons. The van der Waals surface area contributed by atoms with Crippen molar-refractivity contribution in [2.24, 2.45) is 10.2 Å². The van der Waals surface area contributed by atoms with Gasteiger partial charge in [-0.05, 0) is 37.6 Å². The fourth-order valence-corrected chi connectivity index (χ4v) is 3.58. The summed E-state index contributed by atoms with van der Waals surface area (Å²) in [7, 11) is -4.59. The van der Waals surface area contributed by atoms with E-state index in [1.54, 1.807) is 13.0 Å². The predicted octanol–water partition coefficient (Wildman–Crippen LogP) is 2.33. The van der Waals surface area contributed by atoms with Gasteiger partial charge in [0.25, 0.3) is 15.8 Å². The second-order valence-electron chi connectivity index (χ2n) is 6.58. The molecule has 0 bridgehead atoms. The zero-order valence-electron chi connectivity index (χ0n) is 16.3. The number of carboxylic acid groups (broad SMARTS) is 1. The van der Waals surface area contributed by atoms with Gasteiger partial charge in [0.2, 0.25) is 5.88 Å². The molecule has 4 N–H and O–H groups in total. The lowest BCUT2D eigenvalue weighted by Gasteiger charge is -2.06. The highest BCUT2D eigenvalue weighted by atomic mass is 32.2. The Morgan fingerprint density at radius 1 is 1.16 bits per heavy atom. The number of rotatable bonds is 5. The third-order valence-electron chi connectivity index (χ3n) is 4.34. The molecule has 11 nitrogen and oxygen atoms in total. The summed E-state index contributed by atoms with van der Waals surface area (Å²) < 4.78 is 33.9. The highest BCUT2D eigenvalue weighted by molar-refractivity contribution is 7.86. The van der Waals surface area contributed by atoms with E-state index >= 15 is 0 Å². The van der Waals surface area contributed by atoms with Crippen LogP contribution in [-0.2, 0) is 10.1 Å². The van der Waals surface area contributed by atoms with Crippen LogP contribution in [0.2, 0.25) is 0 Å². The van der Waals surface area contributed by atoms with Gasteiger partial charge in [0.15, 0.2) is 18.1 Å². The fourth-order valence-electron chi connectivity index (χ4n) is 2.87. The average Bonchev–Trinajstić information content (AvgIpc) is 2.68. The predicted molar refractivity (Wildman–Crippen MR) is 107 cm³/mol. The number of carbonyl (C=O) groups is 1. The number of aromatic carboxylic acids is 1. The first-order chi connectivity index (χ1) is 14.5. The SMILES string of the molecule is Cc1ccc(/N=N/c2c(O)[nH]c(=O)c(-[n+]3cccc(C(=O)O)c3)c2C)c(S(=O)(=O)O)c1. The number of aromatic hydroxyl groups is 1. The van der Waals surface area contributed by atoms with Gasteiger partial charge in [-0.25, -0.2) is 4.79 Å². The Hall–Kier alpha value is -3.90. The van der Waals surface area contributed by atoms with Crippen molar-refractivity contribution in [2.45, 2.75) is 18.7 Å². The quantitative estimate of drug-likeness (QED) is 0.265. The number of aryl methyl sites for hydroxylation is 1. The lowest BCUT2D eigenvalue weighted by molar-refractivity contribution is -0.597. The molecular formula is C19H17N4O7S+. The molecule has 1 aromatic carbocycles. The second kappa shape index (κ2) is 8.08. The van der Waals surface area contributed by atoms with E-state index in [-0.39, 0.29) is 28.2 Å². The zero-order chi connectivity index (χ0) is 22.9. The lowest BCUT2D eigenvalue weighted by Crippen LogP contribution is -2.38. The van der Waals surface area contributed by atoms with Crippen LogP contribution in [0.4, 0.5) is 11.4 Å². The third kappa shape index (κ3) is 4.49. The molecule has 0 fully saturated rings. The number of carboxylic acids is 1. The Balaban J connectivity index is 2.17. The summed E-state index contributed by atoms with van der Waals surface area (Å²) in [6.45, 7) is 3.08. The van der Waals surface area contributed by atoms with E-state index in [1.165, 1.54) is 48.1 Å². The van der Waals surface area contributed by atoms with Crippen molar-refractivity contribution < 1.29 is 32.5 Å². The third-order valence-corrected chi connectivity index (χ3v) is 5.22. The molecule has 0 atom stereocenters. The Morgan fingerprint density at radius 3 is 2.52 bits per heavy atom. The summed E-state index contributed by atoms with van der Waals surface area (Å²) in [5.41, 5.74) is -0.450. The molecule has 0 aliphatic heterocycles. The number of aromatic nitrogens is 2. The molecule has 0 radical (unpaired) electrons. The Kier molecular flexibility index (Phi) is 5.69. The second-order valence-corrected chi connectivity index (χ2v) is 7.97. The largest absolute Gasteiger partial charge is 0.493 e. The van der Waals surface area contributed by atoms with Crippen LogP contribution in [0, 0.1) is 13.8 Å². The van der Waals surface area contributed by atoms with Gasteiger partial charge in [-0.15, -0.1) is 10.2 Å². The molecule has 0 aliphatic carbocycles. The summed E-state index contributed by atoms with van der Waals surface area (Å²) in [6, 6.07) is 6.87. The van der Waals surface area contributed by atoms with Crippen LogP contribution < -0.4 is 10.1 Å². The topological polar surface area (TPSA) is 173 Å². The molecule has 3 aromatic rings. The standard InChI is InChI=1S/C19H16N4O7S/c1-10-5-6-13(14(8-10)31(28,29)30)21-22-15-11(2)16(18(25)20-17(15)24)23-7-3-4-12(9-23)19(26)27/h3-9H,1-2H3,(H3-,20,21,24,25,26,27,28,29,30)/p+1. The van der Waals surface area contributed by atoms with Gasteiger partial charge in [-0.2, -0.15) is 13.0 Å². The first-order valence-electron chi connectivity index (χ1n) is 8.69. The average molecular weight is 445 g/mol. The van der Waals surface area contributed by atoms with Gasteiger partial charge in [0, 0.05) is 6.07 Å². The number of nitrogens with zero attached hydrogens (tertiary/aromatic N) is 3. The maximum atomic E-state index is 12.4. The summed E-state index contributed by atoms with van der Waals surface area (Å²) in [4.78, 5) is 25.4. The van der Waals surface area contributed by atoms with Gasteiger partial charge in [-0.1, -0.05) is 6.07 Å². The minimum absolute atomic E-state index is 0.0197. The molecule has 0 saturated heterocycles. The monoisotopic (exact) mass is 445 g/mol. The molecular weight excluding hydrogens is 428 g/mol. The van der Waals surface area contributed by atoms with E-state index in [0.717, 1.165) is 0 Å². The number of pyridine rings is 2. The van der Waals surface area contributed by atoms with Crippen molar-refractivity contribution in [3.05, 3.63) is 69.8 Å². The Bertz CT molecular complexity index is 1390. The smallest absolute Gasteiger partial charge is 0.341 e.